The molecule has 0 radical (unpaired) electrons. The number of fused-ring (bicyclic) bond motifs is 2. The van der Waals surface area contributed by atoms with Gasteiger partial charge in [0, 0.05) is 30.4 Å². The van der Waals surface area contributed by atoms with Crippen molar-refractivity contribution in [2.75, 3.05) is 31.5 Å². The molecule has 0 amide bonds. The Morgan fingerprint density at radius 1 is 1.04 bits per heavy atom. The maximum atomic E-state index is 8.88. The maximum Gasteiger partial charge on any atom is 0.466 e. The molecule has 1 aromatic heterocycles. The lowest BCUT2D eigenvalue weighted by molar-refractivity contribution is 0.275. The van der Waals surface area contributed by atoms with E-state index in [4.69, 9.17) is 19.2 Å². The molecule has 4 N–H and O–H groups in total. The molecule has 0 bridgehead atoms. The predicted molar refractivity (Wildman–Crippen MR) is 110 cm³/mol. The molecule has 0 spiro atoms. The largest absolute Gasteiger partial charge is 0.466 e. The fourth-order valence-electron chi connectivity index (χ4n) is 2.88. The number of hydrogen-bond acceptors (Lipinski definition) is 4. The Labute approximate surface area is 158 Å². The fraction of sp³-hybridized carbons (Fsp3) is 0.316. The molecule has 0 aliphatic carbocycles. The monoisotopic (exact) mass is 391 g/mol. The van der Waals surface area contributed by atoms with Crippen molar-refractivity contribution in [3.8, 4) is 0 Å². The highest BCUT2D eigenvalue weighted by Gasteiger charge is 2.05. The molecule has 27 heavy (non-hydrogen) atoms. The highest BCUT2D eigenvalue weighted by Crippen LogP contribution is 2.27. The molecule has 0 atom stereocenters. The van der Waals surface area contributed by atoms with Crippen LogP contribution in [0.5, 0.6) is 0 Å². The summed E-state index contributed by atoms with van der Waals surface area (Å²) in [6.45, 7) is 8.62. The number of anilines is 1. The standard InChI is InChI=1S/C19H23N3.H3O4P/c1-3-22(4-2)12-11-21-18-9-10-20-19-14-16-8-6-5-7-15(16)13-17(18)19;1-5(2,3)4/h5-10,13-14H,3-4,11-12H2,1-2H3,(H,20,21);(H3,1,2,3,4). The molecule has 2 aromatic carbocycles. The van der Waals surface area contributed by atoms with Crippen LogP contribution in [-0.4, -0.2) is 50.7 Å². The van der Waals surface area contributed by atoms with Gasteiger partial charge in [-0.15, -0.1) is 0 Å². The summed E-state index contributed by atoms with van der Waals surface area (Å²) in [6, 6.07) is 14.9. The van der Waals surface area contributed by atoms with Crippen LogP contribution in [0.15, 0.2) is 48.7 Å². The van der Waals surface area contributed by atoms with E-state index in [-0.39, 0.29) is 0 Å². The Hall–Kier alpha value is -2.02. The minimum absolute atomic E-state index is 0.952. The minimum atomic E-state index is -4.64. The second-order valence-corrected chi connectivity index (χ2v) is 7.07. The van der Waals surface area contributed by atoms with Crippen LogP contribution in [0.3, 0.4) is 0 Å². The van der Waals surface area contributed by atoms with Gasteiger partial charge in [0.05, 0.1) is 5.52 Å². The first-order chi connectivity index (χ1) is 12.8. The second kappa shape index (κ2) is 9.78. The Balaban J connectivity index is 0.000000465. The number of aromatic nitrogens is 1. The van der Waals surface area contributed by atoms with Crippen molar-refractivity contribution in [1.82, 2.24) is 9.88 Å². The molecule has 0 aliphatic rings. The van der Waals surface area contributed by atoms with Gasteiger partial charge in [0.1, 0.15) is 0 Å². The first kappa shape index (κ1) is 21.3. The van der Waals surface area contributed by atoms with Crippen molar-refractivity contribution in [2.24, 2.45) is 0 Å². The first-order valence-corrected chi connectivity index (χ1v) is 10.4. The van der Waals surface area contributed by atoms with Crippen molar-refractivity contribution in [2.45, 2.75) is 13.8 Å². The zero-order valence-electron chi connectivity index (χ0n) is 15.5. The van der Waals surface area contributed by atoms with Crippen molar-refractivity contribution in [3.63, 3.8) is 0 Å². The third-order valence-electron chi connectivity index (χ3n) is 4.25. The summed E-state index contributed by atoms with van der Waals surface area (Å²) >= 11 is 0. The molecule has 3 rings (SSSR count). The number of likely N-dealkylation sites (N-methyl/N-ethyl adjacent to an activating group) is 1. The molecule has 0 saturated carbocycles. The topological polar surface area (TPSA) is 106 Å². The van der Waals surface area contributed by atoms with Gasteiger partial charge in [-0.1, -0.05) is 38.1 Å². The minimum Gasteiger partial charge on any atom is -0.383 e. The molecule has 0 fully saturated rings. The third-order valence-corrected chi connectivity index (χ3v) is 4.25. The van der Waals surface area contributed by atoms with E-state index < -0.39 is 7.82 Å². The van der Waals surface area contributed by atoms with E-state index in [2.05, 4.69) is 71.5 Å². The molecular formula is C19H26N3O4P. The van der Waals surface area contributed by atoms with Crippen molar-refractivity contribution in [3.05, 3.63) is 48.7 Å². The number of benzene rings is 2. The Morgan fingerprint density at radius 3 is 2.22 bits per heavy atom. The fourth-order valence-corrected chi connectivity index (χ4v) is 2.88. The summed E-state index contributed by atoms with van der Waals surface area (Å²) in [6.07, 6.45) is 1.89. The average molecular weight is 391 g/mol. The highest BCUT2D eigenvalue weighted by molar-refractivity contribution is 7.45. The van der Waals surface area contributed by atoms with E-state index in [1.54, 1.807) is 0 Å². The van der Waals surface area contributed by atoms with Crippen LogP contribution in [0.2, 0.25) is 0 Å². The smallest absolute Gasteiger partial charge is 0.383 e. The lowest BCUT2D eigenvalue weighted by atomic mass is 10.1. The van der Waals surface area contributed by atoms with Crippen molar-refractivity contribution >= 4 is 35.2 Å². The molecule has 0 unspecified atom stereocenters. The highest BCUT2D eigenvalue weighted by atomic mass is 31.2. The predicted octanol–water partition coefficient (Wildman–Crippen LogP) is 3.21. The van der Waals surface area contributed by atoms with Gasteiger partial charge in [-0.3, -0.25) is 4.98 Å². The molecule has 0 saturated heterocycles. The van der Waals surface area contributed by atoms with E-state index in [1.165, 1.54) is 21.8 Å². The van der Waals surface area contributed by atoms with Gasteiger partial charge in [-0.25, -0.2) is 4.57 Å². The molecule has 3 aromatic rings. The van der Waals surface area contributed by atoms with E-state index >= 15 is 0 Å². The maximum absolute atomic E-state index is 8.88. The second-order valence-electron chi connectivity index (χ2n) is 6.04. The van der Waals surface area contributed by atoms with Gasteiger partial charge in [-0.05, 0) is 42.1 Å². The van der Waals surface area contributed by atoms with Gasteiger partial charge >= 0.3 is 7.82 Å². The summed E-state index contributed by atoms with van der Waals surface area (Å²) in [4.78, 5) is 28.5. The van der Waals surface area contributed by atoms with Crippen LogP contribution in [0.25, 0.3) is 21.7 Å². The van der Waals surface area contributed by atoms with Crippen molar-refractivity contribution in [1.29, 1.82) is 0 Å². The zero-order valence-corrected chi connectivity index (χ0v) is 16.4. The quantitative estimate of drug-likeness (QED) is 0.378. The number of phosphoric acid groups is 1. The molecule has 8 heteroatoms. The molecule has 0 aliphatic heterocycles. The van der Waals surface area contributed by atoms with E-state index in [0.717, 1.165) is 31.7 Å². The summed E-state index contributed by atoms with van der Waals surface area (Å²) in [7, 11) is -4.64. The Morgan fingerprint density at radius 2 is 1.63 bits per heavy atom. The number of pyridine rings is 1. The first-order valence-electron chi connectivity index (χ1n) is 8.83. The van der Waals surface area contributed by atoms with E-state index in [9.17, 15) is 0 Å². The summed E-state index contributed by atoms with van der Waals surface area (Å²) in [5.74, 6) is 0. The van der Waals surface area contributed by atoms with Gasteiger partial charge in [-0.2, -0.15) is 0 Å². The van der Waals surface area contributed by atoms with E-state index in [0.29, 0.717) is 0 Å². The number of nitrogens with one attached hydrogen (secondary N) is 1. The summed E-state index contributed by atoms with van der Waals surface area (Å²) < 4.78 is 8.88. The molecule has 146 valence electrons. The van der Waals surface area contributed by atoms with E-state index in [1.807, 2.05) is 6.20 Å². The van der Waals surface area contributed by atoms with Crippen LogP contribution in [0.1, 0.15) is 13.8 Å². The van der Waals surface area contributed by atoms with Crippen LogP contribution in [-0.2, 0) is 4.57 Å². The number of rotatable bonds is 6. The molecule has 7 nitrogen and oxygen atoms in total. The van der Waals surface area contributed by atoms with Crippen molar-refractivity contribution < 1.29 is 19.2 Å². The van der Waals surface area contributed by atoms with Gasteiger partial charge < -0.3 is 24.9 Å². The summed E-state index contributed by atoms with van der Waals surface area (Å²) in [5.41, 5.74) is 2.22. The Kier molecular flexibility index (Phi) is 7.71. The zero-order chi connectivity index (χ0) is 19.9. The molecular weight excluding hydrogens is 365 g/mol. The average Bonchev–Trinajstić information content (AvgIpc) is 2.62. The normalized spacial score (nSPS) is 11.5. The van der Waals surface area contributed by atoms with Crippen LogP contribution < -0.4 is 5.32 Å². The summed E-state index contributed by atoms with van der Waals surface area (Å²) in [5, 5.41) is 7.26. The van der Waals surface area contributed by atoms with Gasteiger partial charge in [0.25, 0.3) is 0 Å². The van der Waals surface area contributed by atoms with Crippen LogP contribution >= 0.6 is 7.82 Å². The molecule has 1 heterocycles. The van der Waals surface area contributed by atoms with Gasteiger partial charge in [0.2, 0.25) is 0 Å². The van der Waals surface area contributed by atoms with Crippen LogP contribution in [0, 0.1) is 0 Å². The van der Waals surface area contributed by atoms with Gasteiger partial charge in [0.15, 0.2) is 0 Å². The number of nitrogens with zero attached hydrogens (tertiary/aromatic N) is 2. The number of hydrogen-bond donors (Lipinski definition) is 4. The lowest BCUT2D eigenvalue weighted by Gasteiger charge is -2.19. The SMILES string of the molecule is CCN(CC)CCNc1ccnc2cc3ccccc3cc12.O=P(O)(O)O. The van der Waals surface area contributed by atoms with Crippen LogP contribution in [0.4, 0.5) is 5.69 Å². The third kappa shape index (κ3) is 6.90. The Bertz CT molecular complexity index is 917. The lowest BCUT2D eigenvalue weighted by Crippen LogP contribution is -2.28.